The van der Waals surface area contributed by atoms with Gasteiger partial charge in [-0.3, -0.25) is 4.84 Å². The SMILES string of the molecule is CO[n+]1cc(C(F)(F)F)ccc1Cl. The number of alkyl halides is 3. The van der Waals surface area contributed by atoms with Crippen molar-refractivity contribution in [3.05, 3.63) is 29.0 Å². The van der Waals surface area contributed by atoms with Crippen LogP contribution in [0.4, 0.5) is 13.2 Å². The summed E-state index contributed by atoms with van der Waals surface area (Å²) in [7, 11) is 1.23. The minimum Gasteiger partial charge on any atom is -0.273 e. The molecule has 0 aliphatic carbocycles. The van der Waals surface area contributed by atoms with E-state index in [1.165, 1.54) is 7.11 Å². The van der Waals surface area contributed by atoms with Crippen molar-refractivity contribution in [2.45, 2.75) is 6.18 Å². The minimum atomic E-state index is -4.38. The summed E-state index contributed by atoms with van der Waals surface area (Å²) < 4.78 is 37.2. The molecule has 0 saturated carbocycles. The zero-order valence-electron chi connectivity index (χ0n) is 6.60. The Morgan fingerprint density at radius 3 is 2.46 bits per heavy atom. The third-order valence-corrected chi connectivity index (χ3v) is 1.68. The maximum atomic E-state index is 12.1. The average molecular weight is 213 g/mol. The van der Waals surface area contributed by atoms with E-state index in [-0.39, 0.29) is 5.15 Å². The number of hydrogen-bond donors (Lipinski definition) is 0. The molecular formula is C7H6ClF3NO+. The molecule has 0 fully saturated rings. The Balaban J connectivity index is 3.14. The first kappa shape index (κ1) is 10.1. The second-order valence-electron chi connectivity index (χ2n) is 2.25. The molecule has 0 amide bonds. The lowest BCUT2D eigenvalue weighted by molar-refractivity contribution is -0.884. The molecule has 0 atom stereocenters. The Bertz CT molecular complexity index is 313. The van der Waals surface area contributed by atoms with Gasteiger partial charge in [0.1, 0.15) is 12.7 Å². The molecule has 0 N–H and O–H groups in total. The average Bonchev–Trinajstić information content (AvgIpc) is 2.03. The van der Waals surface area contributed by atoms with Crippen LogP contribution in [-0.4, -0.2) is 7.11 Å². The van der Waals surface area contributed by atoms with Gasteiger partial charge in [0.2, 0.25) is 6.20 Å². The fraction of sp³-hybridized carbons (Fsp3) is 0.286. The molecule has 13 heavy (non-hydrogen) atoms. The van der Waals surface area contributed by atoms with Crippen molar-refractivity contribution in [3.8, 4) is 0 Å². The van der Waals surface area contributed by atoms with Crippen LogP contribution in [0.1, 0.15) is 5.56 Å². The second-order valence-corrected chi connectivity index (χ2v) is 2.63. The first-order chi connectivity index (χ1) is 5.95. The van der Waals surface area contributed by atoms with Crippen LogP contribution in [-0.2, 0) is 6.18 Å². The summed E-state index contributed by atoms with van der Waals surface area (Å²) in [4.78, 5) is 4.57. The molecule has 6 heteroatoms. The van der Waals surface area contributed by atoms with E-state index >= 15 is 0 Å². The van der Waals surface area contributed by atoms with Gasteiger partial charge in [-0.05, 0) is 17.7 Å². The smallest absolute Gasteiger partial charge is 0.273 e. The lowest BCUT2D eigenvalue weighted by Crippen LogP contribution is -2.42. The quantitative estimate of drug-likeness (QED) is 0.510. The Kier molecular flexibility index (Phi) is 2.66. The van der Waals surface area contributed by atoms with Crippen LogP contribution in [0.25, 0.3) is 0 Å². The summed E-state index contributed by atoms with van der Waals surface area (Å²) in [5.41, 5.74) is -0.807. The lowest BCUT2D eigenvalue weighted by atomic mass is 10.3. The molecule has 72 valence electrons. The van der Waals surface area contributed by atoms with E-state index < -0.39 is 11.7 Å². The van der Waals surface area contributed by atoms with Crippen molar-refractivity contribution >= 4 is 11.6 Å². The standard InChI is InChI=1S/C7H6ClF3NO/c1-13-12-4-5(7(9,10)11)2-3-6(12)8/h2-4H,1H3/q+1. The van der Waals surface area contributed by atoms with Crippen molar-refractivity contribution in [2.75, 3.05) is 7.11 Å². The van der Waals surface area contributed by atoms with Crippen LogP contribution in [0, 0.1) is 0 Å². The summed E-state index contributed by atoms with van der Waals surface area (Å²) in [5, 5.41) is 0.0792. The van der Waals surface area contributed by atoms with Gasteiger partial charge in [-0.25, -0.2) is 0 Å². The summed E-state index contributed by atoms with van der Waals surface area (Å²) in [5.74, 6) is 0. The van der Waals surface area contributed by atoms with Crippen molar-refractivity contribution in [1.29, 1.82) is 0 Å². The van der Waals surface area contributed by atoms with E-state index in [1.54, 1.807) is 0 Å². The van der Waals surface area contributed by atoms with Gasteiger partial charge in [0.15, 0.2) is 0 Å². The number of hydrogen-bond acceptors (Lipinski definition) is 1. The minimum absolute atomic E-state index is 0.0792. The maximum Gasteiger partial charge on any atom is 0.422 e. The monoisotopic (exact) mass is 212 g/mol. The van der Waals surface area contributed by atoms with E-state index in [0.29, 0.717) is 0 Å². The Labute approximate surface area is 77.5 Å². The summed E-state index contributed by atoms with van der Waals surface area (Å²) in [6.07, 6.45) is -3.60. The predicted molar refractivity (Wildman–Crippen MR) is 39.2 cm³/mol. The summed E-state index contributed by atoms with van der Waals surface area (Å²) >= 11 is 5.52. The van der Waals surface area contributed by atoms with Crippen LogP contribution >= 0.6 is 11.6 Å². The molecule has 0 aliphatic rings. The Hall–Kier alpha value is -0.970. The van der Waals surface area contributed by atoms with Crippen LogP contribution in [0.3, 0.4) is 0 Å². The van der Waals surface area contributed by atoms with Crippen LogP contribution in [0.15, 0.2) is 18.3 Å². The molecule has 2 nitrogen and oxygen atoms in total. The second kappa shape index (κ2) is 3.41. The van der Waals surface area contributed by atoms with Crippen LogP contribution in [0.2, 0.25) is 5.15 Å². The number of halogens is 4. The molecule has 0 bridgehead atoms. The molecule has 1 heterocycles. The van der Waals surface area contributed by atoms with Gasteiger partial charge in [0, 0.05) is 10.8 Å². The van der Waals surface area contributed by atoms with E-state index in [0.717, 1.165) is 23.1 Å². The molecule has 0 radical (unpaired) electrons. The maximum absolute atomic E-state index is 12.1. The van der Waals surface area contributed by atoms with Crippen LogP contribution < -0.4 is 9.57 Å². The van der Waals surface area contributed by atoms with E-state index in [2.05, 4.69) is 4.84 Å². The van der Waals surface area contributed by atoms with Crippen molar-refractivity contribution in [2.24, 2.45) is 0 Å². The van der Waals surface area contributed by atoms with Gasteiger partial charge in [-0.15, -0.1) is 0 Å². The highest BCUT2D eigenvalue weighted by Crippen LogP contribution is 2.28. The molecule has 1 rings (SSSR count). The Morgan fingerprint density at radius 2 is 2.00 bits per heavy atom. The third-order valence-electron chi connectivity index (χ3n) is 1.39. The van der Waals surface area contributed by atoms with Crippen LogP contribution in [0.5, 0.6) is 0 Å². The van der Waals surface area contributed by atoms with Crippen molar-refractivity contribution in [3.63, 3.8) is 0 Å². The summed E-state index contributed by atoms with van der Waals surface area (Å²) in [6, 6.07) is 2.01. The predicted octanol–water partition coefficient (Wildman–Crippen LogP) is 1.70. The molecule has 0 unspecified atom stereocenters. The van der Waals surface area contributed by atoms with Gasteiger partial charge in [0.25, 0.3) is 0 Å². The highest BCUT2D eigenvalue weighted by molar-refractivity contribution is 6.28. The molecule has 0 aromatic carbocycles. The number of aromatic nitrogens is 1. The number of nitrogens with zero attached hydrogens (tertiary/aromatic N) is 1. The topological polar surface area (TPSA) is 13.1 Å². The largest absolute Gasteiger partial charge is 0.422 e. The summed E-state index contributed by atoms with van der Waals surface area (Å²) in [6.45, 7) is 0. The fourth-order valence-electron chi connectivity index (χ4n) is 0.771. The van der Waals surface area contributed by atoms with E-state index in [4.69, 9.17) is 11.6 Å². The number of pyridine rings is 1. The lowest BCUT2D eigenvalue weighted by Gasteiger charge is -2.03. The molecule has 0 aliphatic heterocycles. The van der Waals surface area contributed by atoms with Gasteiger partial charge >= 0.3 is 11.3 Å². The highest BCUT2D eigenvalue weighted by Gasteiger charge is 2.34. The van der Waals surface area contributed by atoms with Gasteiger partial charge in [-0.2, -0.15) is 13.2 Å². The molecule has 0 saturated heterocycles. The van der Waals surface area contributed by atoms with E-state index in [9.17, 15) is 13.2 Å². The molecular weight excluding hydrogens is 207 g/mol. The highest BCUT2D eigenvalue weighted by atomic mass is 35.5. The molecule has 1 aromatic rings. The first-order valence-corrected chi connectivity index (χ1v) is 3.66. The fourth-order valence-corrected chi connectivity index (χ4v) is 0.951. The normalized spacial score (nSPS) is 11.5. The number of rotatable bonds is 1. The third kappa shape index (κ3) is 2.24. The van der Waals surface area contributed by atoms with Gasteiger partial charge < -0.3 is 0 Å². The molecule has 0 spiro atoms. The van der Waals surface area contributed by atoms with E-state index in [1.807, 2.05) is 0 Å². The van der Waals surface area contributed by atoms with Crippen molar-refractivity contribution in [1.82, 2.24) is 0 Å². The zero-order chi connectivity index (χ0) is 10.1. The molecule has 1 aromatic heterocycles. The van der Waals surface area contributed by atoms with Gasteiger partial charge in [0.05, 0.1) is 0 Å². The van der Waals surface area contributed by atoms with Gasteiger partial charge in [-0.1, -0.05) is 0 Å². The first-order valence-electron chi connectivity index (χ1n) is 3.28. The Morgan fingerprint density at radius 1 is 1.38 bits per heavy atom. The zero-order valence-corrected chi connectivity index (χ0v) is 7.36. The van der Waals surface area contributed by atoms with Crippen molar-refractivity contribution < 1.29 is 22.7 Å².